The van der Waals surface area contributed by atoms with E-state index in [4.69, 9.17) is 15.6 Å². The quantitative estimate of drug-likeness (QED) is 0.720. The number of nitrogens with two attached hydrogens (primary N) is 1. The largest absolute Gasteiger partial charge is 0.508 e. The van der Waals surface area contributed by atoms with Crippen LogP contribution >= 0.6 is 0 Å². The molecule has 0 amide bonds. The van der Waals surface area contributed by atoms with E-state index in [0.29, 0.717) is 13.0 Å². The Morgan fingerprint density at radius 3 is 2.60 bits per heavy atom. The van der Waals surface area contributed by atoms with Gasteiger partial charge >= 0.3 is 5.97 Å². The molecule has 0 aliphatic heterocycles. The van der Waals surface area contributed by atoms with Crippen LogP contribution in [-0.2, 0) is 16.0 Å². The Bertz CT molecular complexity index is 321. The SMILES string of the molecule is CCOC(=O)C(N)Cc1ccc(O)cc1. The minimum atomic E-state index is -0.644. The van der Waals surface area contributed by atoms with Gasteiger partial charge in [0, 0.05) is 0 Å². The highest BCUT2D eigenvalue weighted by atomic mass is 16.5. The zero-order chi connectivity index (χ0) is 11.3. The molecule has 4 nitrogen and oxygen atoms in total. The Morgan fingerprint density at radius 1 is 1.47 bits per heavy atom. The van der Waals surface area contributed by atoms with E-state index >= 15 is 0 Å². The molecule has 15 heavy (non-hydrogen) atoms. The van der Waals surface area contributed by atoms with E-state index in [1.807, 2.05) is 0 Å². The van der Waals surface area contributed by atoms with Crippen molar-refractivity contribution in [3.8, 4) is 5.75 Å². The molecule has 0 aliphatic carbocycles. The second kappa shape index (κ2) is 5.36. The van der Waals surface area contributed by atoms with Crippen LogP contribution in [0, 0.1) is 0 Å². The van der Waals surface area contributed by atoms with E-state index < -0.39 is 12.0 Å². The molecule has 0 radical (unpaired) electrons. The van der Waals surface area contributed by atoms with E-state index in [1.54, 1.807) is 31.2 Å². The van der Waals surface area contributed by atoms with Gasteiger partial charge in [0.15, 0.2) is 0 Å². The first-order valence-corrected chi connectivity index (χ1v) is 4.83. The van der Waals surface area contributed by atoms with Crippen molar-refractivity contribution in [1.82, 2.24) is 0 Å². The molecule has 1 unspecified atom stereocenters. The minimum absolute atomic E-state index is 0.198. The number of hydrogen-bond donors (Lipinski definition) is 2. The first-order chi connectivity index (χ1) is 7.13. The number of phenols is 1. The van der Waals surface area contributed by atoms with Crippen LogP contribution in [0.5, 0.6) is 5.75 Å². The van der Waals surface area contributed by atoms with Crippen LogP contribution in [0.2, 0.25) is 0 Å². The fraction of sp³-hybridized carbons (Fsp3) is 0.364. The number of aromatic hydroxyl groups is 1. The first kappa shape index (κ1) is 11.5. The third-order valence-electron chi connectivity index (χ3n) is 1.98. The molecule has 0 aliphatic rings. The summed E-state index contributed by atoms with van der Waals surface area (Å²) in [5, 5.41) is 9.06. The minimum Gasteiger partial charge on any atom is -0.508 e. The molecule has 0 saturated heterocycles. The lowest BCUT2D eigenvalue weighted by molar-refractivity contribution is -0.144. The standard InChI is InChI=1S/C11H15NO3/c1-2-15-11(14)10(12)7-8-3-5-9(13)6-4-8/h3-6,10,13H,2,7,12H2,1H3. The van der Waals surface area contributed by atoms with Crippen LogP contribution in [0.25, 0.3) is 0 Å². The maximum Gasteiger partial charge on any atom is 0.323 e. The highest BCUT2D eigenvalue weighted by Gasteiger charge is 2.14. The number of rotatable bonds is 4. The van der Waals surface area contributed by atoms with Gasteiger partial charge in [0.05, 0.1) is 6.61 Å². The zero-order valence-corrected chi connectivity index (χ0v) is 8.64. The van der Waals surface area contributed by atoms with Gasteiger partial charge in [0.1, 0.15) is 11.8 Å². The molecular formula is C11H15NO3. The summed E-state index contributed by atoms with van der Waals surface area (Å²) in [5.41, 5.74) is 6.53. The van der Waals surface area contributed by atoms with Gasteiger partial charge in [-0.05, 0) is 31.0 Å². The van der Waals surface area contributed by atoms with Gasteiger partial charge in [-0.1, -0.05) is 12.1 Å². The average Bonchev–Trinajstić information content (AvgIpc) is 2.22. The monoisotopic (exact) mass is 209 g/mol. The van der Waals surface area contributed by atoms with Gasteiger partial charge in [0.2, 0.25) is 0 Å². The molecule has 0 bridgehead atoms. The van der Waals surface area contributed by atoms with Crippen molar-refractivity contribution in [2.45, 2.75) is 19.4 Å². The fourth-order valence-corrected chi connectivity index (χ4v) is 1.22. The number of benzene rings is 1. The van der Waals surface area contributed by atoms with Gasteiger partial charge in [-0.15, -0.1) is 0 Å². The molecule has 0 heterocycles. The third kappa shape index (κ3) is 3.59. The maximum atomic E-state index is 11.2. The number of phenolic OH excluding ortho intramolecular Hbond substituents is 1. The number of hydrogen-bond acceptors (Lipinski definition) is 4. The molecule has 1 aromatic carbocycles. The van der Waals surface area contributed by atoms with Gasteiger partial charge < -0.3 is 15.6 Å². The molecule has 3 N–H and O–H groups in total. The van der Waals surface area contributed by atoms with Crippen molar-refractivity contribution in [2.75, 3.05) is 6.61 Å². The summed E-state index contributed by atoms with van der Waals surface area (Å²) in [4.78, 5) is 11.2. The number of esters is 1. The molecule has 1 rings (SSSR count). The summed E-state index contributed by atoms with van der Waals surface area (Å²) in [6.45, 7) is 2.08. The second-order valence-corrected chi connectivity index (χ2v) is 3.23. The van der Waals surface area contributed by atoms with Crippen LogP contribution < -0.4 is 5.73 Å². The number of ether oxygens (including phenoxy) is 1. The molecule has 1 atom stereocenters. The van der Waals surface area contributed by atoms with Crippen molar-refractivity contribution in [3.05, 3.63) is 29.8 Å². The molecule has 0 aromatic heterocycles. The highest BCUT2D eigenvalue weighted by molar-refractivity contribution is 5.75. The molecule has 0 spiro atoms. The Kier molecular flexibility index (Phi) is 4.12. The highest BCUT2D eigenvalue weighted by Crippen LogP contribution is 2.11. The topological polar surface area (TPSA) is 72.5 Å². The summed E-state index contributed by atoms with van der Waals surface area (Å²) in [7, 11) is 0. The molecule has 1 aromatic rings. The lowest BCUT2D eigenvalue weighted by atomic mass is 10.1. The lowest BCUT2D eigenvalue weighted by Crippen LogP contribution is -2.34. The Morgan fingerprint density at radius 2 is 2.07 bits per heavy atom. The summed E-state index contributed by atoms with van der Waals surface area (Å²) < 4.78 is 4.79. The van der Waals surface area contributed by atoms with Gasteiger partial charge in [-0.25, -0.2) is 0 Å². The number of carbonyl (C=O) groups excluding carboxylic acids is 1. The van der Waals surface area contributed by atoms with E-state index in [0.717, 1.165) is 5.56 Å². The Hall–Kier alpha value is -1.55. The fourth-order valence-electron chi connectivity index (χ4n) is 1.22. The smallest absolute Gasteiger partial charge is 0.323 e. The summed E-state index contributed by atoms with van der Waals surface area (Å²) in [6, 6.07) is 5.94. The van der Waals surface area contributed by atoms with Crippen molar-refractivity contribution in [2.24, 2.45) is 5.73 Å². The van der Waals surface area contributed by atoms with Crippen LogP contribution in [0.1, 0.15) is 12.5 Å². The first-order valence-electron chi connectivity index (χ1n) is 4.83. The van der Waals surface area contributed by atoms with Crippen LogP contribution in [-0.4, -0.2) is 23.7 Å². The summed E-state index contributed by atoms with van der Waals surface area (Å²) in [5.74, 6) is -0.200. The number of carbonyl (C=O) groups is 1. The van der Waals surface area contributed by atoms with Gasteiger partial charge in [-0.2, -0.15) is 0 Å². The van der Waals surface area contributed by atoms with Crippen LogP contribution in [0.15, 0.2) is 24.3 Å². The summed E-state index contributed by atoms with van der Waals surface area (Å²) in [6.07, 6.45) is 0.416. The van der Waals surface area contributed by atoms with E-state index in [-0.39, 0.29) is 5.75 Å². The van der Waals surface area contributed by atoms with E-state index in [1.165, 1.54) is 0 Å². The van der Waals surface area contributed by atoms with Crippen molar-refractivity contribution in [1.29, 1.82) is 0 Å². The predicted molar refractivity (Wildman–Crippen MR) is 56.4 cm³/mol. The van der Waals surface area contributed by atoms with Crippen LogP contribution in [0.4, 0.5) is 0 Å². The molecule has 82 valence electrons. The average molecular weight is 209 g/mol. The van der Waals surface area contributed by atoms with E-state index in [2.05, 4.69) is 0 Å². The van der Waals surface area contributed by atoms with E-state index in [9.17, 15) is 4.79 Å². The van der Waals surface area contributed by atoms with Crippen molar-refractivity contribution < 1.29 is 14.6 Å². The van der Waals surface area contributed by atoms with Gasteiger partial charge in [0.25, 0.3) is 0 Å². The summed E-state index contributed by atoms with van der Waals surface area (Å²) >= 11 is 0. The predicted octanol–water partition coefficient (Wildman–Crippen LogP) is 0.825. The molecule has 4 heteroatoms. The lowest BCUT2D eigenvalue weighted by Gasteiger charge is -2.10. The third-order valence-corrected chi connectivity index (χ3v) is 1.98. The molecular weight excluding hydrogens is 194 g/mol. The van der Waals surface area contributed by atoms with Crippen LogP contribution in [0.3, 0.4) is 0 Å². The van der Waals surface area contributed by atoms with Crippen molar-refractivity contribution in [3.63, 3.8) is 0 Å². The van der Waals surface area contributed by atoms with Gasteiger partial charge in [-0.3, -0.25) is 4.79 Å². The second-order valence-electron chi connectivity index (χ2n) is 3.23. The Labute approximate surface area is 88.7 Å². The maximum absolute atomic E-state index is 11.2. The van der Waals surface area contributed by atoms with Crippen molar-refractivity contribution >= 4 is 5.97 Å². The Balaban J connectivity index is 2.54. The zero-order valence-electron chi connectivity index (χ0n) is 8.64. The normalized spacial score (nSPS) is 12.1. The molecule has 0 saturated carbocycles. The molecule has 0 fully saturated rings.